The van der Waals surface area contributed by atoms with Crippen molar-refractivity contribution in [1.29, 1.82) is 0 Å². The molecule has 3 aromatic rings. The van der Waals surface area contributed by atoms with Crippen molar-refractivity contribution in [1.82, 2.24) is 10.2 Å². The molecule has 3 amide bonds. The first-order valence-electron chi connectivity index (χ1n) is 13.7. The molecule has 3 heterocycles. The van der Waals surface area contributed by atoms with E-state index in [-0.39, 0.29) is 29.2 Å². The summed E-state index contributed by atoms with van der Waals surface area (Å²) in [6, 6.07) is 21.5. The van der Waals surface area contributed by atoms with Crippen LogP contribution in [0.25, 0.3) is 10.8 Å². The Labute approximate surface area is 241 Å². The maximum absolute atomic E-state index is 14.1. The van der Waals surface area contributed by atoms with E-state index in [0.29, 0.717) is 25.1 Å². The highest BCUT2D eigenvalue weighted by Gasteiger charge is 2.76. The van der Waals surface area contributed by atoms with Crippen molar-refractivity contribution in [2.45, 2.75) is 54.9 Å². The summed E-state index contributed by atoms with van der Waals surface area (Å²) >= 11 is 3.70. The maximum Gasteiger partial charge on any atom is 0.250 e. The number of rotatable bonds is 8. The van der Waals surface area contributed by atoms with Crippen LogP contribution in [0.1, 0.15) is 25.3 Å². The molecule has 1 spiro atoms. The Kier molecular flexibility index (Phi) is 7.14. The molecule has 2 bridgehead atoms. The normalized spacial score (nSPS) is 29.4. The molecule has 3 fully saturated rings. The van der Waals surface area contributed by atoms with Gasteiger partial charge < -0.3 is 25.4 Å². The summed E-state index contributed by atoms with van der Waals surface area (Å²) in [5, 5.41) is 18.3. The molecule has 3 aliphatic rings. The van der Waals surface area contributed by atoms with Crippen molar-refractivity contribution in [3.63, 3.8) is 0 Å². The number of aliphatic hydroxyl groups excluding tert-OH is 1. The monoisotopic (exact) mass is 605 g/mol. The van der Waals surface area contributed by atoms with Gasteiger partial charge in [0.2, 0.25) is 17.7 Å². The number of carbonyl (C=O) groups excluding carboxylic acids is 3. The lowest BCUT2D eigenvalue weighted by atomic mass is 9.70. The molecular weight excluding hydrogens is 574 g/mol. The number of fused-ring (bicyclic) bond motifs is 2. The number of benzene rings is 3. The van der Waals surface area contributed by atoms with Crippen LogP contribution in [0.2, 0.25) is 0 Å². The lowest BCUT2D eigenvalue weighted by molar-refractivity contribution is -0.144. The molecule has 3 N–H and O–H groups in total. The third-order valence-corrected chi connectivity index (χ3v) is 9.52. The third-order valence-electron chi connectivity index (χ3n) is 8.68. The van der Waals surface area contributed by atoms with E-state index in [1.165, 1.54) is 4.90 Å². The van der Waals surface area contributed by atoms with Gasteiger partial charge in [-0.1, -0.05) is 83.5 Å². The van der Waals surface area contributed by atoms with E-state index in [1.54, 1.807) is 0 Å². The van der Waals surface area contributed by atoms with E-state index < -0.39 is 35.6 Å². The second-order valence-electron chi connectivity index (χ2n) is 10.9. The number of carbonyl (C=O) groups is 3. The van der Waals surface area contributed by atoms with Crippen LogP contribution >= 0.6 is 15.9 Å². The number of anilines is 1. The first-order chi connectivity index (χ1) is 19.4. The quantitative estimate of drug-likeness (QED) is 0.340. The number of aliphatic hydroxyl groups is 1. The Bertz CT molecular complexity index is 1450. The van der Waals surface area contributed by atoms with Crippen LogP contribution < -0.4 is 10.6 Å². The van der Waals surface area contributed by atoms with Crippen LogP contribution in [0, 0.1) is 11.8 Å². The standard InChI is InChI=1S/C31H32BrN3O5/c1-2-22(17-36)35-27(29(38)34-21-13-12-19-10-6-7-11-20(19)14-21)31-15-23(32)26(40-31)24(25(31)30(35)39)28(37)33-16-18-8-4-3-5-9-18/h3-14,22-27,36H,2,15-17H2,1H3,(H,33,37)(H,34,38)/t22-,23?,24-,25-,26-,27?,31?/m0/s1. The van der Waals surface area contributed by atoms with E-state index >= 15 is 0 Å². The summed E-state index contributed by atoms with van der Waals surface area (Å²) in [5.74, 6) is -2.56. The van der Waals surface area contributed by atoms with Crippen LogP contribution in [-0.4, -0.2) is 63.0 Å². The molecular formula is C31H32BrN3O5. The van der Waals surface area contributed by atoms with Crippen LogP contribution in [-0.2, 0) is 25.7 Å². The molecule has 6 rings (SSSR count). The third kappa shape index (κ3) is 4.31. The molecule has 3 unspecified atom stereocenters. The maximum atomic E-state index is 14.1. The smallest absolute Gasteiger partial charge is 0.250 e. The topological polar surface area (TPSA) is 108 Å². The first-order valence-corrected chi connectivity index (χ1v) is 14.7. The van der Waals surface area contributed by atoms with E-state index in [0.717, 1.165) is 16.3 Å². The van der Waals surface area contributed by atoms with Crippen LogP contribution in [0.4, 0.5) is 5.69 Å². The molecule has 8 nitrogen and oxygen atoms in total. The zero-order valence-corrected chi connectivity index (χ0v) is 23.7. The Morgan fingerprint density at radius 3 is 2.52 bits per heavy atom. The van der Waals surface area contributed by atoms with Crippen LogP contribution in [0.5, 0.6) is 0 Å². The number of nitrogens with one attached hydrogen (secondary N) is 2. The van der Waals surface area contributed by atoms with Gasteiger partial charge in [0.15, 0.2) is 0 Å². The minimum absolute atomic E-state index is 0.200. The van der Waals surface area contributed by atoms with Crippen molar-refractivity contribution in [3.05, 3.63) is 78.4 Å². The highest BCUT2D eigenvalue weighted by Crippen LogP contribution is 2.60. The number of likely N-dealkylation sites (tertiary alicyclic amines) is 1. The van der Waals surface area contributed by atoms with Gasteiger partial charge in [0, 0.05) is 17.1 Å². The summed E-state index contributed by atoms with van der Waals surface area (Å²) in [4.78, 5) is 43.1. The van der Waals surface area contributed by atoms with Crippen molar-refractivity contribution in [2.24, 2.45) is 11.8 Å². The van der Waals surface area contributed by atoms with E-state index in [4.69, 9.17) is 4.74 Å². The largest absolute Gasteiger partial charge is 0.394 e. The minimum Gasteiger partial charge on any atom is -0.394 e. The molecule has 9 heteroatoms. The van der Waals surface area contributed by atoms with Gasteiger partial charge in [-0.05, 0) is 41.3 Å². The Morgan fingerprint density at radius 1 is 1.07 bits per heavy atom. The fourth-order valence-corrected chi connectivity index (χ4v) is 7.80. The van der Waals surface area contributed by atoms with Gasteiger partial charge in [-0.25, -0.2) is 0 Å². The van der Waals surface area contributed by atoms with Crippen molar-refractivity contribution in [2.75, 3.05) is 11.9 Å². The van der Waals surface area contributed by atoms with E-state index in [2.05, 4.69) is 26.6 Å². The van der Waals surface area contributed by atoms with Gasteiger partial charge in [-0.2, -0.15) is 0 Å². The Hall–Kier alpha value is -3.27. The van der Waals surface area contributed by atoms with Crippen LogP contribution in [0.3, 0.4) is 0 Å². The van der Waals surface area contributed by atoms with Gasteiger partial charge in [-0.3, -0.25) is 14.4 Å². The fraction of sp³-hybridized carbons (Fsp3) is 0.387. The van der Waals surface area contributed by atoms with Crippen molar-refractivity contribution >= 4 is 50.1 Å². The molecule has 3 saturated heterocycles. The van der Waals surface area contributed by atoms with Gasteiger partial charge in [0.1, 0.15) is 11.6 Å². The predicted molar refractivity (Wildman–Crippen MR) is 155 cm³/mol. The molecule has 0 aromatic heterocycles. The molecule has 208 valence electrons. The Morgan fingerprint density at radius 2 is 1.80 bits per heavy atom. The van der Waals surface area contributed by atoms with Gasteiger partial charge in [-0.15, -0.1) is 0 Å². The molecule has 3 aromatic carbocycles. The highest BCUT2D eigenvalue weighted by atomic mass is 79.9. The average Bonchev–Trinajstić information content (AvgIpc) is 3.56. The van der Waals surface area contributed by atoms with Crippen LogP contribution in [0.15, 0.2) is 72.8 Å². The Balaban J connectivity index is 1.33. The summed E-state index contributed by atoms with van der Waals surface area (Å²) in [7, 11) is 0. The molecule has 7 atom stereocenters. The number of alkyl halides is 1. The van der Waals surface area contributed by atoms with E-state index in [1.807, 2.05) is 79.7 Å². The van der Waals surface area contributed by atoms with E-state index in [9.17, 15) is 19.5 Å². The highest BCUT2D eigenvalue weighted by molar-refractivity contribution is 9.09. The molecule has 40 heavy (non-hydrogen) atoms. The van der Waals surface area contributed by atoms with Crippen molar-refractivity contribution < 1.29 is 24.2 Å². The first kappa shape index (κ1) is 26.9. The number of hydrogen-bond donors (Lipinski definition) is 3. The predicted octanol–water partition coefficient (Wildman–Crippen LogP) is 3.61. The number of hydrogen-bond acceptors (Lipinski definition) is 5. The number of amides is 3. The second-order valence-corrected chi connectivity index (χ2v) is 12.1. The summed E-state index contributed by atoms with van der Waals surface area (Å²) < 4.78 is 6.55. The molecule has 0 saturated carbocycles. The van der Waals surface area contributed by atoms with Gasteiger partial charge in [0.25, 0.3) is 0 Å². The molecule has 0 aliphatic carbocycles. The van der Waals surface area contributed by atoms with Crippen molar-refractivity contribution in [3.8, 4) is 0 Å². The van der Waals surface area contributed by atoms with Gasteiger partial charge in [0.05, 0.1) is 30.6 Å². The number of ether oxygens (including phenoxy) is 1. The zero-order chi connectivity index (χ0) is 28.0. The number of nitrogens with zero attached hydrogens (tertiary/aromatic N) is 1. The summed E-state index contributed by atoms with van der Waals surface area (Å²) in [6.07, 6.45) is 0.318. The minimum atomic E-state index is -1.19. The van der Waals surface area contributed by atoms with Gasteiger partial charge >= 0.3 is 0 Å². The summed E-state index contributed by atoms with van der Waals surface area (Å²) in [5.41, 5.74) is 0.366. The SMILES string of the molecule is CC[C@@H](CO)N1C(=O)[C@@H]2[C@H](C(=O)NCc3ccccc3)[C@H]3OC2(CC3Br)C1C(=O)Nc1ccc2ccccc2c1. The molecule has 3 aliphatic heterocycles. The molecule has 0 radical (unpaired) electrons. The lowest BCUT2D eigenvalue weighted by Crippen LogP contribution is -2.56. The number of halogens is 1. The summed E-state index contributed by atoms with van der Waals surface area (Å²) in [6.45, 7) is 1.90. The fourth-order valence-electron chi connectivity index (χ4n) is 6.85. The second kappa shape index (κ2) is 10.6. The lowest BCUT2D eigenvalue weighted by Gasteiger charge is -2.36. The average molecular weight is 607 g/mol. The zero-order valence-electron chi connectivity index (χ0n) is 22.1.